The summed E-state index contributed by atoms with van der Waals surface area (Å²) in [5.41, 5.74) is 2.73. The molecule has 0 N–H and O–H groups in total. The molecule has 3 rings (SSSR count). The monoisotopic (exact) mass is 268 g/mol. The Hall–Kier alpha value is -1.50. The first-order valence-corrected chi connectivity index (χ1v) is 7.81. The second-order valence-electron chi connectivity index (χ2n) is 6.53. The molecule has 0 saturated heterocycles. The van der Waals surface area contributed by atoms with Gasteiger partial charge in [0.25, 0.3) is 0 Å². The maximum absolute atomic E-state index is 5.87. The lowest BCUT2D eigenvalue weighted by Crippen LogP contribution is -2.02. The van der Waals surface area contributed by atoms with E-state index in [2.05, 4.69) is 56.3 Å². The van der Waals surface area contributed by atoms with Gasteiger partial charge >= 0.3 is 0 Å². The molecule has 2 aliphatic rings. The van der Waals surface area contributed by atoms with E-state index in [1.54, 1.807) is 0 Å². The molecule has 0 aromatic heterocycles. The molecule has 0 bridgehead atoms. The van der Waals surface area contributed by atoms with E-state index >= 15 is 0 Å². The minimum absolute atomic E-state index is 0.699. The highest BCUT2D eigenvalue weighted by Crippen LogP contribution is 2.44. The van der Waals surface area contributed by atoms with Crippen molar-refractivity contribution in [2.75, 3.05) is 6.61 Å². The standard InChI is InChI=1S/C19H24O/c1-14(2)3-4-15-6-9-19(10-7-15)20-13-16-5-8-17-12-18(17)11-16/h5-11,14,17-18H,3-4,12-13H2,1-2H3. The van der Waals surface area contributed by atoms with E-state index in [-0.39, 0.29) is 0 Å². The number of hydrogen-bond acceptors (Lipinski definition) is 1. The van der Waals surface area contributed by atoms with Gasteiger partial charge in [-0.1, -0.05) is 44.2 Å². The number of rotatable bonds is 6. The highest BCUT2D eigenvalue weighted by atomic mass is 16.5. The smallest absolute Gasteiger partial charge is 0.119 e. The van der Waals surface area contributed by atoms with Gasteiger partial charge in [-0.3, -0.25) is 0 Å². The lowest BCUT2D eigenvalue weighted by molar-refractivity contribution is 0.354. The number of allylic oxidation sites excluding steroid dienone is 2. The maximum atomic E-state index is 5.87. The average Bonchev–Trinajstić information content (AvgIpc) is 3.22. The molecule has 1 aromatic rings. The Balaban J connectivity index is 1.49. The van der Waals surface area contributed by atoms with Crippen LogP contribution in [0.15, 0.2) is 48.1 Å². The van der Waals surface area contributed by atoms with Crippen LogP contribution in [0.2, 0.25) is 0 Å². The van der Waals surface area contributed by atoms with Gasteiger partial charge in [-0.25, -0.2) is 0 Å². The third-order valence-electron chi connectivity index (χ3n) is 4.22. The summed E-state index contributed by atoms with van der Waals surface area (Å²) in [7, 11) is 0. The van der Waals surface area contributed by atoms with Crippen molar-refractivity contribution >= 4 is 0 Å². The summed E-state index contributed by atoms with van der Waals surface area (Å²) < 4.78 is 5.87. The van der Waals surface area contributed by atoms with Gasteiger partial charge in [0.1, 0.15) is 12.4 Å². The van der Waals surface area contributed by atoms with Gasteiger partial charge < -0.3 is 4.74 Å². The average molecular weight is 268 g/mol. The minimum Gasteiger partial charge on any atom is -0.489 e. The topological polar surface area (TPSA) is 9.23 Å². The summed E-state index contributed by atoms with van der Waals surface area (Å²) in [6.07, 6.45) is 10.7. The van der Waals surface area contributed by atoms with Crippen molar-refractivity contribution in [1.29, 1.82) is 0 Å². The Bertz CT molecular complexity index is 507. The van der Waals surface area contributed by atoms with E-state index in [4.69, 9.17) is 4.74 Å². The Morgan fingerprint density at radius 2 is 1.95 bits per heavy atom. The van der Waals surface area contributed by atoms with Crippen LogP contribution in [0.5, 0.6) is 5.75 Å². The predicted octanol–water partition coefficient (Wildman–Crippen LogP) is 4.79. The summed E-state index contributed by atoms with van der Waals surface area (Å²) in [5.74, 6) is 3.38. The molecule has 1 fully saturated rings. The zero-order valence-corrected chi connectivity index (χ0v) is 12.5. The van der Waals surface area contributed by atoms with Crippen LogP contribution in [0.3, 0.4) is 0 Å². The van der Waals surface area contributed by atoms with Crippen LogP contribution in [0.4, 0.5) is 0 Å². The van der Waals surface area contributed by atoms with Crippen molar-refractivity contribution in [3.8, 4) is 5.75 Å². The molecule has 1 heteroatoms. The predicted molar refractivity (Wildman–Crippen MR) is 83.9 cm³/mol. The van der Waals surface area contributed by atoms with Crippen molar-refractivity contribution in [3.05, 3.63) is 53.6 Å². The Kier molecular flexibility index (Phi) is 3.95. The molecular formula is C19H24O. The van der Waals surface area contributed by atoms with E-state index < -0.39 is 0 Å². The summed E-state index contributed by atoms with van der Waals surface area (Å²) >= 11 is 0. The second kappa shape index (κ2) is 5.87. The quantitative estimate of drug-likeness (QED) is 0.721. The van der Waals surface area contributed by atoms with Crippen LogP contribution >= 0.6 is 0 Å². The van der Waals surface area contributed by atoms with Gasteiger partial charge in [0, 0.05) is 0 Å². The molecule has 0 aliphatic heterocycles. The number of aryl methyl sites for hydroxylation is 1. The Morgan fingerprint density at radius 3 is 2.65 bits per heavy atom. The number of benzene rings is 1. The second-order valence-corrected chi connectivity index (χ2v) is 6.53. The minimum atomic E-state index is 0.699. The first-order chi connectivity index (χ1) is 9.70. The molecular weight excluding hydrogens is 244 g/mol. The van der Waals surface area contributed by atoms with Gasteiger partial charge in [0.2, 0.25) is 0 Å². The van der Waals surface area contributed by atoms with Crippen molar-refractivity contribution < 1.29 is 4.74 Å². The molecule has 1 saturated carbocycles. The van der Waals surface area contributed by atoms with Gasteiger partial charge in [-0.05, 0) is 60.3 Å². The van der Waals surface area contributed by atoms with Crippen LogP contribution in [-0.4, -0.2) is 6.61 Å². The first-order valence-electron chi connectivity index (χ1n) is 7.81. The summed E-state index contributed by atoms with van der Waals surface area (Å²) in [5, 5.41) is 0. The van der Waals surface area contributed by atoms with Gasteiger partial charge in [-0.2, -0.15) is 0 Å². The lowest BCUT2D eigenvalue weighted by atomic mass is 10.0. The van der Waals surface area contributed by atoms with E-state index in [9.17, 15) is 0 Å². The lowest BCUT2D eigenvalue weighted by Gasteiger charge is -2.10. The molecule has 106 valence electrons. The van der Waals surface area contributed by atoms with Crippen molar-refractivity contribution in [2.45, 2.75) is 33.1 Å². The van der Waals surface area contributed by atoms with Crippen LogP contribution in [0, 0.1) is 17.8 Å². The summed E-state index contributed by atoms with van der Waals surface area (Å²) in [6, 6.07) is 8.59. The molecule has 0 amide bonds. The molecule has 2 unspecified atom stereocenters. The zero-order chi connectivity index (χ0) is 13.9. The maximum Gasteiger partial charge on any atom is 0.119 e. The third kappa shape index (κ3) is 3.53. The Labute approximate surface area is 122 Å². The van der Waals surface area contributed by atoms with Crippen LogP contribution in [-0.2, 0) is 6.42 Å². The molecule has 1 aromatic carbocycles. The zero-order valence-electron chi connectivity index (χ0n) is 12.5. The fourth-order valence-corrected chi connectivity index (χ4v) is 2.70. The number of ether oxygens (including phenoxy) is 1. The number of hydrogen-bond donors (Lipinski definition) is 0. The highest BCUT2D eigenvalue weighted by Gasteiger charge is 2.34. The van der Waals surface area contributed by atoms with E-state index in [1.807, 2.05) is 0 Å². The summed E-state index contributed by atoms with van der Waals surface area (Å²) in [4.78, 5) is 0. The van der Waals surface area contributed by atoms with E-state index in [1.165, 1.54) is 24.0 Å². The van der Waals surface area contributed by atoms with Gasteiger partial charge in [-0.15, -0.1) is 0 Å². The van der Waals surface area contributed by atoms with Crippen molar-refractivity contribution in [2.24, 2.45) is 17.8 Å². The molecule has 20 heavy (non-hydrogen) atoms. The molecule has 0 radical (unpaired) electrons. The van der Waals surface area contributed by atoms with Crippen molar-refractivity contribution in [1.82, 2.24) is 0 Å². The fraction of sp³-hybridized carbons (Fsp3) is 0.474. The molecule has 2 aliphatic carbocycles. The fourth-order valence-electron chi connectivity index (χ4n) is 2.70. The first kappa shape index (κ1) is 13.5. The van der Waals surface area contributed by atoms with Crippen molar-refractivity contribution in [3.63, 3.8) is 0 Å². The van der Waals surface area contributed by atoms with E-state index in [0.29, 0.717) is 6.61 Å². The highest BCUT2D eigenvalue weighted by molar-refractivity contribution is 5.33. The summed E-state index contributed by atoms with van der Waals surface area (Å²) in [6.45, 7) is 5.24. The van der Waals surface area contributed by atoms with Crippen LogP contribution < -0.4 is 4.74 Å². The molecule has 0 spiro atoms. The number of fused-ring (bicyclic) bond motifs is 1. The molecule has 2 atom stereocenters. The largest absolute Gasteiger partial charge is 0.489 e. The molecule has 1 nitrogen and oxygen atoms in total. The van der Waals surface area contributed by atoms with Crippen LogP contribution in [0.1, 0.15) is 32.3 Å². The van der Waals surface area contributed by atoms with E-state index in [0.717, 1.165) is 29.9 Å². The normalized spacial score (nSPS) is 23.4. The Morgan fingerprint density at radius 1 is 1.15 bits per heavy atom. The van der Waals surface area contributed by atoms with Gasteiger partial charge in [0.05, 0.1) is 0 Å². The third-order valence-corrected chi connectivity index (χ3v) is 4.22. The van der Waals surface area contributed by atoms with Crippen LogP contribution in [0.25, 0.3) is 0 Å². The molecule has 0 heterocycles. The SMILES string of the molecule is CC(C)CCc1ccc(OCC2=CC3CC3C=C2)cc1. The van der Waals surface area contributed by atoms with Gasteiger partial charge in [0.15, 0.2) is 0 Å².